The zero-order valence-corrected chi connectivity index (χ0v) is 11.6. The Morgan fingerprint density at radius 2 is 2.18 bits per heavy atom. The van der Waals surface area contributed by atoms with E-state index in [4.69, 9.17) is 4.74 Å². The number of piperazine rings is 1. The summed E-state index contributed by atoms with van der Waals surface area (Å²) in [7, 11) is 0. The SMILES string of the molecule is CCC1CC(CN2CC(C)NCC2C)CCO1. The summed E-state index contributed by atoms with van der Waals surface area (Å²) in [6.07, 6.45) is 4.21. The van der Waals surface area contributed by atoms with Crippen molar-refractivity contribution in [3.63, 3.8) is 0 Å². The second-order valence-corrected chi connectivity index (χ2v) is 5.90. The molecule has 0 bridgehead atoms. The third kappa shape index (κ3) is 3.67. The summed E-state index contributed by atoms with van der Waals surface area (Å²) >= 11 is 0. The van der Waals surface area contributed by atoms with Gasteiger partial charge in [-0.25, -0.2) is 0 Å². The van der Waals surface area contributed by atoms with Crippen LogP contribution in [0.15, 0.2) is 0 Å². The van der Waals surface area contributed by atoms with Gasteiger partial charge in [-0.2, -0.15) is 0 Å². The molecule has 2 rings (SSSR count). The number of ether oxygens (including phenoxy) is 1. The van der Waals surface area contributed by atoms with Crippen molar-refractivity contribution in [2.45, 2.75) is 58.2 Å². The van der Waals surface area contributed by atoms with Gasteiger partial charge in [0.15, 0.2) is 0 Å². The van der Waals surface area contributed by atoms with Gasteiger partial charge in [0.05, 0.1) is 6.10 Å². The molecule has 2 fully saturated rings. The molecule has 17 heavy (non-hydrogen) atoms. The minimum atomic E-state index is 0.518. The largest absolute Gasteiger partial charge is 0.378 e. The van der Waals surface area contributed by atoms with E-state index in [0.717, 1.165) is 19.1 Å². The second kappa shape index (κ2) is 6.17. The van der Waals surface area contributed by atoms with Gasteiger partial charge in [0.2, 0.25) is 0 Å². The van der Waals surface area contributed by atoms with Crippen molar-refractivity contribution < 1.29 is 4.74 Å². The monoisotopic (exact) mass is 240 g/mol. The normalized spacial score (nSPS) is 40.4. The first kappa shape index (κ1) is 13.3. The number of rotatable bonds is 3. The summed E-state index contributed by atoms with van der Waals surface area (Å²) in [5.41, 5.74) is 0. The van der Waals surface area contributed by atoms with Gasteiger partial charge in [0, 0.05) is 38.3 Å². The Kier molecular flexibility index (Phi) is 4.83. The molecule has 0 saturated carbocycles. The molecule has 0 amide bonds. The smallest absolute Gasteiger partial charge is 0.0575 e. The van der Waals surface area contributed by atoms with Crippen LogP contribution in [0.5, 0.6) is 0 Å². The van der Waals surface area contributed by atoms with Crippen LogP contribution < -0.4 is 5.32 Å². The predicted octanol–water partition coefficient (Wildman–Crippen LogP) is 1.87. The standard InChI is InChI=1S/C14H28N2O/c1-4-14-7-13(5-6-17-14)10-16-9-11(2)15-8-12(16)3/h11-15H,4-10H2,1-3H3. The fourth-order valence-electron chi connectivity index (χ4n) is 3.09. The summed E-state index contributed by atoms with van der Waals surface area (Å²) in [5, 5.41) is 3.55. The van der Waals surface area contributed by atoms with E-state index in [-0.39, 0.29) is 0 Å². The minimum Gasteiger partial charge on any atom is -0.378 e. The summed E-state index contributed by atoms with van der Waals surface area (Å²) in [6.45, 7) is 11.5. The number of hydrogen-bond acceptors (Lipinski definition) is 3. The van der Waals surface area contributed by atoms with Crippen molar-refractivity contribution >= 4 is 0 Å². The highest BCUT2D eigenvalue weighted by molar-refractivity contribution is 4.84. The minimum absolute atomic E-state index is 0.518. The molecule has 1 N–H and O–H groups in total. The zero-order chi connectivity index (χ0) is 12.3. The van der Waals surface area contributed by atoms with Gasteiger partial charge in [-0.15, -0.1) is 0 Å². The number of nitrogens with zero attached hydrogens (tertiary/aromatic N) is 1. The van der Waals surface area contributed by atoms with Gasteiger partial charge in [-0.3, -0.25) is 4.90 Å². The molecule has 3 heteroatoms. The van der Waals surface area contributed by atoms with Gasteiger partial charge in [-0.05, 0) is 39.0 Å². The van der Waals surface area contributed by atoms with E-state index in [0.29, 0.717) is 18.2 Å². The Hall–Kier alpha value is -0.120. The molecule has 100 valence electrons. The lowest BCUT2D eigenvalue weighted by Gasteiger charge is -2.41. The molecular weight excluding hydrogens is 212 g/mol. The Labute approximate surface area is 106 Å². The molecule has 0 radical (unpaired) electrons. The van der Waals surface area contributed by atoms with E-state index in [9.17, 15) is 0 Å². The molecular formula is C14H28N2O. The van der Waals surface area contributed by atoms with E-state index < -0.39 is 0 Å². The average molecular weight is 240 g/mol. The number of hydrogen-bond donors (Lipinski definition) is 1. The molecule has 0 aromatic rings. The highest BCUT2D eigenvalue weighted by atomic mass is 16.5. The van der Waals surface area contributed by atoms with Crippen LogP contribution >= 0.6 is 0 Å². The van der Waals surface area contributed by atoms with Crippen molar-refractivity contribution in [3.05, 3.63) is 0 Å². The molecule has 0 aliphatic carbocycles. The van der Waals surface area contributed by atoms with Crippen molar-refractivity contribution in [1.29, 1.82) is 0 Å². The van der Waals surface area contributed by atoms with E-state index in [2.05, 4.69) is 31.0 Å². The predicted molar refractivity (Wildman–Crippen MR) is 71.3 cm³/mol. The fraction of sp³-hybridized carbons (Fsp3) is 1.00. The molecule has 2 aliphatic heterocycles. The first-order chi connectivity index (χ1) is 8.19. The third-order valence-corrected chi connectivity index (χ3v) is 4.32. The van der Waals surface area contributed by atoms with Crippen molar-refractivity contribution in [1.82, 2.24) is 10.2 Å². The molecule has 2 heterocycles. The van der Waals surface area contributed by atoms with E-state index in [1.54, 1.807) is 0 Å². The summed E-state index contributed by atoms with van der Waals surface area (Å²) < 4.78 is 5.76. The van der Waals surface area contributed by atoms with Crippen LogP contribution in [-0.4, -0.2) is 49.3 Å². The zero-order valence-electron chi connectivity index (χ0n) is 11.6. The lowest BCUT2D eigenvalue weighted by Crippen LogP contribution is -2.55. The van der Waals surface area contributed by atoms with Gasteiger partial charge >= 0.3 is 0 Å². The molecule has 0 aromatic heterocycles. The quantitative estimate of drug-likeness (QED) is 0.815. The molecule has 2 saturated heterocycles. The fourth-order valence-corrected chi connectivity index (χ4v) is 3.09. The summed E-state index contributed by atoms with van der Waals surface area (Å²) in [5.74, 6) is 0.849. The lowest BCUT2D eigenvalue weighted by molar-refractivity contribution is -0.0227. The van der Waals surface area contributed by atoms with Crippen molar-refractivity contribution in [2.24, 2.45) is 5.92 Å². The molecule has 4 atom stereocenters. The van der Waals surface area contributed by atoms with Crippen LogP contribution in [0.1, 0.15) is 40.0 Å². The van der Waals surface area contributed by atoms with Crippen LogP contribution in [0.3, 0.4) is 0 Å². The van der Waals surface area contributed by atoms with E-state index in [1.807, 2.05) is 0 Å². The van der Waals surface area contributed by atoms with Crippen molar-refractivity contribution in [2.75, 3.05) is 26.2 Å². The van der Waals surface area contributed by atoms with Gasteiger partial charge in [0.1, 0.15) is 0 Å². The lowest BCUT2D eigenvalue weighted by atomic mass is 9.93. The van der Waals surface area contributed by atoms with E-state index >= 15 is 0 Å². The van der Waals surface area contributed by atoms with Crippen molar-refractivity contribution in [3.8, 4) is 0 Å². The maximum absolute atomic E-state index is 5.76. The van der Waals surface area contributed by atoms with Crippen LogP contribution in [0.2, 0.25) is 0 Å². The van der Waals surface area contributed by atoms with Gasteiger partial charge in [-0.1, -0.05) is 6.92 Å². The average Bonchev–Trinajstić information content (AvgIpc) is 2.34. The van der Waals surface area contributed by atoms with Gasteiger partial charge < -0.3 is 10.1 Å². The molecule has 2 aliphatic rings. The molecule has 0 aromatic carbocycles. The molecule has 3 nitrogen and oxygen atoms in total. The van der Waals surface area contributed by atoms with Crippen LogP contribution in [0.25, 0.3) is 0 Å². The van der Waals surface area contributed by atoms with Crippen LogP contribution in [0.4, 0.5) is 0 Å². The van der Waals surface area contributed by atoms with Crippen LogP contribution in [0, 0.1) is 5.92 Å². The second-order valence-electron chi connectivity index (χ2n) is 5.90. The van der Waals surface area contributed by atoms with Gasteiger partial charge in [0.25, 0.3) is 0 Å². The molecule has 0 spiro atoms. The maximum atomic E-state index is 5.76. The van der Waals surface area contributed by atoms with E-state index in [1.165, 1.54) is 32.4 Å². The maximum Gasteiger partial charge on any atom is 0.0575 e. The number of nitrogens with one attached hydrogen (secondary N) is 1. The Morgan fingerprint density at radius 3 is 2.94 bits per heavy atom. The first-order valence-corrected chi connectivity index (χ1v) is 7.28. The summed E-state index contributed by atoms with van der Waals surface area (Å²) in [6, 6.07) is 1.34. The summed E-state index contributed by atoms with van der Waals surface area (Å²) in [4.78, 5) is 2.67. The topological polar surface area (TPSA) is 24.5 Å². The highest BCUT2D eigenvalue weighted by Crippen LogP contribution is 2.24. The van der Waals surface area contributed by atoms with Crippen LogP contribution in [-0.2, 0) is 4.74 Å². The highest BCUT2D eigenvalue weighted by Gasteiger charge is 2.27. The Balaban J connectivity index is 1.82. The third-order valence-electron chi connectivity index (χ3n) is 4.32. The first-order valence-electron chi connectivity index (χ1n) is 7.28. The molecule has 4 unspecified atom stereocenters. The Morgan fingerprint density at radius 1 is 1.35 bits per heavy atom. The Bertz CT molecular complexity index is 234.